The molecule has 0 bridgehead atoms. The highest BCUT2D eigenvalue weighted by Gasteiger charge is 2.08. The van der Waals surface area contributed by atoms with E-state index in [0.717, 1.165) is 17.2 Å². The van der Waals surface area contributed by atoms with Crippen molar-refractivity contribution in [2.45, 2.75) is 11.8 Å². The second-order valence-corrected chi connectivity index (χ2v) is 3.70. The van der Waals surface area contributed by atoms with E-state index in [-0.39, 0.29) is 12.4 Å². The average molecular weight is 244 g/mol. The van der Waals surface area contributed by atoms with Crippen LogP contribution in [0.5, 0.6) is 0 Å². The molecule has 86 valence electrons. The molecule has 0 spiro atoms. The van der Waals surface area contributed by atoms with E-state index in [0.29, 0.717) is 4.90 Å². The molecule has 1 aromatic rings. The molecule has 0 saturated carbocycles. The first-order chi connectivity index (χ1) is 7.63. The van der Waals surface area contributed by atoms with E-state index in [9.17, 15) is 13.6 Å². The second-order valence-electron chi connectivity index (χ2n) is 2.76. The Labute approximate surface area is 96.3 Å². The van der Waals surface area contributed by atoms with Crippen molar-refractivity contribution in [3.05, 3.63) is 41.3 Å². The van der Waals surface area contributed by atoms with Gasteiger partial charge in [-0.05, 0) is 31.2 Å². The van der Waals surface area contributed by atoms with Gasteiger partial charge in [0, 0.05) is 10.3 Å². The monoisotopic (exact) mass is 244 g/mol. The van der Waals surface area contributed by atoms with Gasteiger partial charge in [0.15, 0.2) is 0 Å². The molecular formula is C11H10F2O2S. The maximum atomic E-state index is 13.0. The lowest BCUT2D eigenvalue weighted by atomic mass is 10.4. The van der Waals surface area contributed by atoms with Crippen LogP contribution in [0.25, 0.3) is 0 Å². The molecular weight excluding hydrogens is 234 g/mol. The summed E-state index contributed by atoms with van der Waals surface area (Å²) in [5.74, 6) is -2.31. The van der Waals surface area contributed by atoms with Gasteiger partial charge in [0.2, 0.25) is 5.83 Å². The van der Waals surface area contributed by atoms with Gasteiger partial charge in [-0.2, -0.15) is 4.39 Å². The molecule has 0 aliphatic carbocycles. The largest absolute Gasteiger partial charge is 0.461 e. The number of rotatable bonds is 4. The summed E-state index contributed by atoms with van der Waals surface area (Å²) in [7, 11) is 0. The average Bonchev–Trinajstić information content (AvgIpc) is 2.28. The van der Waals surface area contributed by atoms with Crippen molar-refractivity contribution in [2.24, 2.45) is 0 Å². The number of thioether (sulfide) groups is 1. The van der Waals surface area contributed by atoms with Crippen molar-refractivity contribution in [3.8, 4) is 0 Å². The van der Waals surface area contributed by atoms with Crippen LogP contribution in [-0.4, -0.2) is 12.6 Å². The molecule has 0 fully saturated rings. The van der Waals surface area contributed by atoms with Crippen molar-refractivity contribution < 1.29 is 18.3 Å². The maximum Gasteiger partial charge on any atom is 0.367 e. The third-order valence-electron chi connectivity index (χ3n) is 1.58. The Hall–Kier alpha value is -1.36. The normalized spacial score (nSPS) is 11.3. The van der Waals surface area contributed by atoms with Crippen LogP contribution in [-0.2, 0) is 9.53 Å². The van der Waals surface area contributed by atoms with Crippen LogP contribution >= 0.6 is 11.8 Å². The lowest BCUT2D eigenvalue weighted by molar-refractivity contribution is -0.140. The molecule has 0 radical (unpaired) electrons. The highest BCUT2D eigenvalue weighted by Crippen LogP contribution is 2.21. The molecule has 5 heteroatoms. The Morgan fingerprint density at radius 3 is 2.62 bits per heavy atom. The summed E-state index contributed by atoms with van der Waals surface area (Å²) in [4.78, 5) is 11.5. The van der Waals surface area contributed by atoms with E-state index < -0.39 is 11.8 Å². The topological polar surface area (TPSA) is 26.3 Å². The fraction of sp³-hybridized carbons (Fsp3) is 0.182. The second kappa shape index (κ2) is 6.27. The predicted octanol–water partition coefficient (Wildman–Crippen LogP) is 3.29. The van der Waals surface area contributed by atoms with Crippen LogP contribution < -0.4 is 0 Å². The number of halogens is 2. The predicted molar refractivity (Wildman–Crippen MR) is 58.1 cm³/mol. The van der Waals surface area contributed by atoms with Gasteiger partial charge in [0.05, 0.1) is 6.61 Å². The van der Waals surface area contributed by atoms with Gasteiger partial charge in [-0.1, -0.05) is 11.8 Å². The summed E-state index contributed by atoms with van der Waals surface area (Å²) < 4.78 is 30.0. The summed E-state index contributed by atoms with van der Waals surface area (Å²) in [6.07, 6.45) is 0. The molecule has 0 unspecified atom stereocenters. The van der Waals surface area contributed by atoms with Crippen LogP contribution in [0.2, 0.25) is 0 Å². The van der Waals surface area contributed by atoms with Crippen LogP contribution in [0, 0.1) is 5.82 Å². The van der Waals surface area contributed by atoms with Crippen molar-refractivity contribution in [1.29, 1.82) is 0 Å². The Morgan fingerprint density at radius 1 is 1.44 bits per heavy atom. The minimum absolute atomic E-state index is 0.126. The zero-order valence-electron chi connectivity index (χ0n) is 8.57. The summed E-state index contributed by atoms with van der Waals surface area (Å²) in [5, 5.41) is 1.03. The van der Waals surface area contributed by atoms with Crippen LogP contribution in [0.3, 0.4) is 0 Å². The molecule has 16 heavy (non-hydrogen) atoms. The number of carbonyl (C=O) groups excluding carboxylic acids is 1. The summed E-state index contributed by atoms with van der Waals surface area (Å²) in [6.45, 7) is 1.72. The standard InChI is InChI=1S/C11H10F2O2S/c1-2-15-11(14)10(13)7-16-9-5-3-8(12)4-6-9/h3-7H,2H2,1H3. The number of esters is 1. The summed E-state index contributed by atoms with van der Waals surface area (Å²) >= 11 is 0.987. The van der Waals surface area contributed by atoms with E-state index in [1.165, 1.54) is 24.3 Å². The fourth-order valence-electron chi connectivity index (χ4n) is 0.881. The van der Waals surface area contributed by atoms with Crippen molar-refractivity contribution >= 4 is 17.7 Å². The Bertz CT molecular complexity index is 387. The van der Waals surface area contributed by atoms with E-state index in [1.54, 1.807) is 6.92 Å². The molecule has 0 amide bonds. The first kappa shape index (κ1) is 12.7. The smallest absolute Gasteiger partial charge is 0.367 e. The van der Waals surface area contributed by atoms with Gasteiger partial charge in [0.25, 0.3) is 0 Å². The van der Waals surface area contributed by atoms with Gasteiger partial charge >= 0.3 is 5.97 Å². The fourth-order valence-corrected chi connectivity index (χ4v) is 1.51. The van der Waals surface area contributed by atoms with E-state index >= 15 is 0 Å². The van der Waals surface area contributed by atoms with Gasteiger partial charge < -0.3 is 4.74 Å². The van der Waals surface area contributed by atoms with Crippen molar-refractivity contribution in [2.75, 3.05) is 6.61 Å². The molecule has 0 aliphatic rings. The van der Waals surface area contributed by atoms with Crippen LogP contribution in [0.1, 0.15) is 6.92 Å². The Balaban J connectivity index is 2.58. The molecule has 1 aromatic carbocycles. The summed E-state index contributed by atoms with van der Waals surface area (Å²) in [6, 6.07) is 5.51. The molecule has 0 N–H and O–H groups in total. The van der Waals surface area contributed by atoms with Gasteiger partial charge in [-0.25, -0.2) is 9.18 Å². The number of hydrogen-bond acceptors (Lipinski definition) is 3. The van der Waals surface area contributed by atoms with Crippen molar-refractivity contribution in [3.63, 3.8) is 0 Å². The lowest BCUT2D eigenvalue weighted by Crippen LogP contribution is -2.03. The van der Waals surface area contributed by atoms with E-state index in [1.807, 2.05) is 0 Å². The van der Waals surface area contributed by atoms with E-state index in [4.69, 9.17) is 0 Å². The minimum Gasteiger partial charge on any atom is -0.461 e. The van der Waals surface area contributed by atoms with Gasteiger partial charge in [-0.15, -0.1) is 0 Å². The van der Waals surface area contributed by atoms with Crippen LogP contribution in [0.15, 0.2) is 40.4 Å². The van der Waals surface area contributed by atoms with Gasteiger partial charge in [-0.3, -0.25) is 0 Å². The third-order valence-corrected chi connectivity index (χ3v) is 2.45. The number of ether oxygens (including phenoxy) is 1. The molecule has 0 heterocycles. The molecule has 0 atom stereocenters. The molecule has 0 aromatic heterocycles. The highest BCUT2D eigenvalue weighted by molar-refractivity contribution is 8.02. The highest BCUT2D eigenvalue weighted by atomic mass is 32.2. The first-order valence-electron chi connectivity index (χ1n) is 4.58. The Kier molecular flexibility index (Phi) is 4.98. The zero-order valence-corrected chi connectivity index (χ0v) is 9.39. The molecule has 0 aliphatic heterocycles. The maximum absolute atomic E-state index is 13.0. The first-order valence-corrected chi connectivity index (χ1v) is 5.46. The zero-order chi connectivity index (χ0) is 12.0. The molecule has 0 saturated heterocycles. The number of carbonyl (C=O) groups is 1. The van der Waals surface area contributed by atoms with E-state index in [2.05, 4.69) is 4.74 Å². The lowest BCUT2D eigenvalue weighted by Gasteiger charge is -1.98. The SMILES string of the molecule is CCOC(=O)C(F)=CSc1ccc(F)cc1. The number of benzene rings is 1. The molecule has 1 rings (SSSR count). The number of hydrogen-bond donors (Lipinski definition) is 0. The summed E-state index contributed by atoms with van der Waals surface area (Å²) in [5.41, 5.74) is 0. The van der Waals surface area contributed by atoms with Crippen LogP contribution in [0.4, 0.5) is 8.78 Å². The van der Waals surface area contributed by atoms with Crippen molar-refractivity contribution in [1.82, 2.24) is 0 Å². The minimum atomic E-state index is -0.989. The van der Waals surface area contributed by atoms with Gasteiger partial charge in [0.1, 0.15) is 5.82 Å². The Morgan fingerprint density at radius 2 is 2.06 bits per heavy atom. The quantitative estimate of drug-likeness (QED) is 0.462. The third kappa shape index (κ3) is 4.02. The molecule has 2 nitrogen and oxygen atoms in total.